The van der Waals surface area contributed by atoms with Gasteiger partial charge in [-0.15, -0.1) is 0 Å². The minimum absolute atomic E-state index is 0.0507. The van der Waals surface area contributed by atoms with Gasteiger partial charge in [-0.1, -0.05) is 23.4 Å². The number of rotatable bonds is 4. The molecule has 2 aliphatic rings. The fraction of sp³-hybridized carbons (Fsp3) is 0.435. The highest BCUT2D eigenvalue weighted by Gasteiger charge is 2.40. The first-order valence-corrected chi connectivity index (χ1v) is 10.4. The van der Waals surface area contributed by atoms with E-state index < -0.39 is 11.7 Å². The summed E-state index contributed by atoms with van der Waals surface area (Å²) in [5.41, 5.74) is 2.00. The van der Waals surface area contributed by atoms with Gasteiger partial charge >= 0.3 is 0 Å². The van der Waals surface area contributed by atoms with E-state index in [4.69, 9.17) is 4.84 Å². The molecule has 158 valence electrons. The van der Waals surface area contributed by atoms with Crippen LogP contribution in [0, 0.1) is 6.92 Å². The van der Waals surface area contributed by atoms with E-state index >= 15 is 0 Å². The Balaban J connectivity index is 1.63. The van der Waals surface area contributed by atoms with Gasteiger partial charge in [0.1, 0.15) is 17.6 Å². The SMILES string of the molecule is Cc1cccnc1N(C(=O)c1ccc(C2=NOC(C)(C)C2O)cc1)[C@@H]1CCCNC1. The van der Waals surface area contributed by atoms with Crippen molar-refractivity contribution in [2.24, 2.45) is 5.16 Å². The van der Waals surface area contributed by atoms with Gasteiger partial charge in [-0.3, -0.25) is 9.69 Å². The minimum Gasteiger partial charge on any atom is -0.386 e. The summed E-state index contributed by atoms with van der Waals surface area (Å²) in [6, 6.07) is 11.1. The number of carbonyl (C=O) groups excluding carboxylic acids is 1. The number of amides is 1. The molecule has 1 fully saturated rings. The molecule has 0 spiro atoms. The van der Waals surface area contributed by atoms with Gasteiger partial charge < -0.3 is 15.3 Å². The molecule has 1 saturated heterocycles. The lowest BCUT2D eigenvalue weighted by Crippen LogP contribution is -2.49. The summed E-state index contributed by atoms with van der Waals surface area (Å²) >= 11 is 0. The smallest absolute Gasteiger partial charge is 0.259 e. The van der Waals surface area contributed by atoms with E-state index in [1.54, 1.807) is 32.2 Å². The lowest BCUT2D eigenvalue weighted by Gasteiger charge is -2.34. The zero-order valence-corrected chi connectivity index (χ0v) is 17.6. The number of hydrogen-bond donors (Lipinski definition) is 2. The molecule has 0 aliphatic carbocycles. The Hall–Kier alpha value is -2.77. The fourth-order valence-corrected chi connectivity index (χ4v) is 3.95. The summed E-state index contributed by atoms with van der Waals surface area (Å²) in [7, 11) is 0. The van der Waals surface area contributed by atoms with Crippen molar-refractivity contribution < 1.29 is 14.7 Å². The third-order valence-electron chi connectivity index (χ3n) is 5.79. The van der Waals surface area contributed by atoms with Gasteiger partial charge in [0, 0.05) is 23.9 Å². The molecule has 30 heavy (non-hydrogen) atoms. The first-order valence-electron chi connectivity index (χ1n) is 10.4. The molecule has 2 atom stereocenters. The molecule has 1 unspecified atom stereocenters. The molecular weight excluding hydrogens is 380 g/mol. The normalized spacial score (nSPS) is 22.9. The molecule has 1 amide bonds. The van der Waals surface area contributed by atoms with E-state index in [0.29, 0.717) is 17.1 Å². The largest absolute Gasteiger partial charge is 0.386 e. The molecule has 4 rings (SSSR count). The second-order valence-electron chi connectivity index (χ2n) is 8.47. The van der Waals surface area contributed by atoms with Crippen LogP contribution in [0.5, 0.6) is 0 Å². The lowest BCUT2D eigenvalue weighted by molar-refractivity contribution is -0.0476. The predicted molar refractivity (Wildman–Crippen MR) is 116 cm³/mol. The highest BCUT2D eigenvalue weighted by Crippen LogP contribution is 2.28. The summed E-state index contributed by atoms with van der Waals surface area (Å²) in [5.74, 6) is 0.619. The van der Waals surface area contributed by atoms with E-state index in [1.165, 1.54) is 0 Å². The molecular formula is C23H28N4O3. The second kappa shape index (κ2) is 8.16. The molecule has 0 radical (unpaired) electrons. The summed E-state index contributed by atoms with van der Waals surface area (Å²) in [6.07, 6.45) is 2.86. The lowest BCUT2D eigenvalue weighted by atomic mass is 9.93. The fourth-order valence-electron chi connectivity index (χ4n) is 3.95. The summed E-state index contributed by atoms with van der Waals surface area (Å²) in [6.45, 7) is 7.27. The predicted octanol–water partition coefficient (Wildman–Crippen LogP) is 2.66. The van der Waals surface area contributed by atoms with Gasteiger partial charge in [-0.2, -0.15) is 0 Å². The summed E-state index contributed by atoms with van der Waals surface area (Å²) in [5, 5.41) is 17.9. The molecule has 2 N–H and O–H groups in total. The van der Waals surface area contributed by atoms with E-state index in [0.717, 1.165) is 37.1 Å². The number of nitrogens with zero attached hydrogens (tertiary/aromatic N) is 3. The monoisotopic (exact) mass is 408 g/mol. The number of piperidine rings is 1. The van der Waals surface area contributed by atoms with Crippen LogP contribution in [0.3, 0.4) is 0 Å². The van der Waals surface area contributed by atoms with Crippen LogP contribution >= 0.6 is 0 Å². The van der Waals surface area contributed by atoms with Crippen molar-refractivity contribution in [2.75, 3.05) is 18.0 Å². The zero-order valence-electron chi connectivity index (χ0n) is 17.6. The van der Waals surface area contributed by atoms with E-state index in [1.807, 2.05) is 36.1 Å². The van der Waals surface area contributed by atoms with Gasteiger partial charge in [0.2, 0.25) is 0 Å². The molecule has 7 nitrogen and oxygen atoms in total. The number of nitrogens with one attached hydrogen (secondary N) is 1. The highest BCUT2D eigenvalue weighted by atomic mass is 16.7. The molecule has 2 aromatic rings. The molecule has 0 bridgehead atoms. The van der Waals surface area contributed by atoms with Gasteiger partial charge in [-0.25, -0.2) is 4.98 Å². The standard InChI is InChI=1S/C23H28N4O3/c1-15-6-4-13-25-21(15)27(18-7-5-12-24-14-18)22(29)17-10-8-16(9-11-17)19-20(28)23(2,3)30-26-19/h4,6,8-11,13,18,20,24,28H,5,7,12,14H2,1-3H3/t18-,20?/m1/s1. The van der Waals surface area contributed by atoms with E-state index in [9.17, 15) is 9.90 Å². The number of benzene rings is 1. The number of aliphatic hydroxyl groups excluding tert-OH is 1. The van der Waals surface area contributed by atoms with Crippen LogP contribution < -0.4 is 10.2 Å². The molecule has 7 heteroatoms. The van der Waals surface area contributed by atoms with E-state index in [-0.39, 0.29) is 11.9 Å². The van der Waals surface area contributed by atoms with Crippen LogP contribution in [-0.4, -0.2) is 52.5 Å². The summed E-state index contributed by atoms with van der Waals surface area (Å²) in [4.78, 5) is 25.2. The number of oxime groups is 1. The summed E-state index contributed by atoms with van der Waals surface area (Å²) < 4.78 is 0. The molecule has 3 heterocycles. The maximum atomic E-state index is 13.6. The van der Waals surface area contributed by atoms with Crippen molar-refractivity contribution in [3.63, 3.8) is 0 Å². The maximum absolute atomic E-state index is 13.6. The van der Waals surface area contributed by atoms with Crippen LogP contribution in [0.1, 0.15) is 48.2 Å². The average molecular weight is 409 g/mol. The van der Waals surface area contributed by atoms with Gasteiger partial charge in [0.15, 0.2) is 5.60 Å². The van der Waals surface area contributed by atoms with Crippen LogP contribution in [0.15, 0.2) is 47.8 Å². The Morgan fingerprint density at radius 3 is 2.63 bits per heavy atom. The Bertz CT molecular complexity index is 949. The highest BCUT2D eigenvalue weighted by molar-refractivity contribution is 6.08. The minimum atomic E-state index is -0.819. The molecule has 1 aromatic carbocycles. The van der Waals surface area contributed by atoms with Gasteiger partial charge in [-0.05, 0) is 63.9 Å². The first kappa shape index (κ1) is 20.5. The number of carbonyl (C=O) groups is 1. The average Bonchev–Trinajstić information content (AvgIpc) is 3.03. The number of pyridine rings is 1. The van der Waals surface area contributed by atoms with Crippen molar-refractivity contribution >= 4 is 17.4 Å². The van der Waals surface area contributed by atoms with Gasteiger partial charge in [0.05, 0.1) is 6.04 Å². The number of aliphatic hydroxyl groups is 1. The first-order chi connectivity index (χ1) is 14.4. The molecule has 1 aromatic heterocycles. The van der Waals surface area contributed by atoms with Crippen LogP contribution in [-0.2, 0) is 4.84 Å². The van der Waals surface area contributed by atoms with Crippen LogP contribution in [0.4, 0.5) is 5.82 Å². The number of anilines is 1. The van der Waals surface area contributed by atoms with Crippen molar-refractivity contribution in [1.82, 2.24) is 10.3 Å². The Morgan fingerprint density at radius 1 is 1.27 bits per heavy atom. The second-order valence-corrected chi connectivity index (χ2v) is 8.47. The van der Waals surface area contributed by atoms with Crippen molar-refractivity contribution in [3.05, 3.63) is 59.3 Å². The van der Waals surface area contributed by atoms with Gasteiger partial charge in [0.25, 0.3) is 5.91 Å². The van der Waals surface area contributed by atoms with Crippen molar-refractivity contribution in [3.8, 4) is 0 Å². The van der Waals surface area contributed by atoms with Crippen molar-refractivity contribution in [2.45, 2.75) is 51.4 Å². The third-order valence-corrected chi connectivity index (χ3v) is 5.79. The topological polar surface area (TPSA) is 87.1 Å². The van der Waals surface area contributed by atoms with Crippen molar-refractivity contribution in [1.29, 1.82) is 0 Å². The molecule has 2 aliphatic heterocycles. The Labute approximate surface area is 176 Å². The maximum Gasteiger partial charge on any atom is 0.259 e. The Morgan fingerprint density at radius 2 is 2.03 bits per heavy atom. The number of aryl methyl sites for hydroxylation is 1. The van der Waals surface area contributed by atoms with Crippen LogP contribution in [0.25, 0.3) is 0 Å². The number of aromatic nitrogens is 1. The quantitative estimate of drug-likeness (QED) is 0.812. The number of hydrogen-bond acceptors (Lipinski definition) is 6. The Kier molecular flexibility index (Phi) is 5.58. The third kappa shape index (κ3) is 3.82. The molecule has 0 saturated carbocycles. The van der Waals surface area contributed by atoms with E-state index in [2.05, 4.69) is 15.5 Å². The van der Waals surface area contributed by atoms with Crippen LogP contribution in [0.2, 0.25) is 0 Å². The zero-order chi connectivity index (χ0) is 21.3.